The normalized spacial score (nSPS) is 10.6. The number of benzene rings is 3. The average molecular weight is 406 g/mol. The van der Waals surface area contributed by atoms with E-state index in [0.717, 1.165) is 27.8 Å². The van der Waals surface area contributed by atoms with E-state index < -0.39 is 0 Å². The van der Waals surface area contributed by atoms with Gasteiger partial charge in [-0.2, -0.15) is 0 Å². The van der Waals surface area contributed by atoms with Crippen LogP contribution in [0.15, 0.2) is 73.1 Å². The van der Waals surface area contributed by atoms with Crippen LogP contribution in [0.1, 0.15) is 0 Å². The van der Waals surface area contributed by atoms with Crippen LogP contribution < -0.4 is 16.4 Å². The highest BCUT2D eigenvalue weighted by Crippen LogP contribution is 2.28. The molecule has 5 nitrogen and oxygen atoms in total. The Bertz CT molecular complexity index is 1170. The molecule has 0 amide bonds. The summed E-state index contributed by atoms with van der Waals surface area (Å²) in [6, 6.07) is 21.0. The van der Waals surface area contributed by atoms with Crippen molar-refractivity contribution in [1.82, 2.24) is 9.97 Å². The molecule has 7 heteroatoms. The largest absolute Gasteiger partial charge is 0.399 e. The number of anilines is 3. The second-order valence-electron chi connectivity index (χ2n) is 6.14. The van der Waals surface area contributed by atoms with Crippen molar-refractivity contribution in [3.05, 3.63) is 78.1 Å². The van der Waals surface area contributed by atoms with Crippen molar-refractivity contribution in [2.45, 2.75) is 0 Å². The van der Waals surface area contributed by atoms with E-state index in [1.807, 2.05) is 48.5 Å². The number of thiocarbonyl (C=S) groups is 1. The molecule has 0 atom stereocenters. The number of nitrogen functional groups attached to an aromatic ring is 1. The number of nitrogens with one attached hydrogen (secondary N) is 2. The highest BCUT2D eigenvalue weighted by molar-refractivity contribution is 7.80. The highest BCUT2D eigenvalue weighted by Gasteiger charge is 2.08. The zero-order valence-electron chi connectivity index (χ0n) is 14.7. The van der Waals surface area contributed by atoms with Crippen molar-refractivity contribution in [2.24, 2.45) is 0 Å². The molecule has 0 saturated heterocycles. The standard InChI is InChI=1S/C21H16ClN5S/c22-17-11-14(23)8-9-19(17)27-21(28)26-15-5-3-4-13(10-15)20-16-6-1-2-7-18(16)24-12-25-20/h1-12H,23H2,(H2,26,27,28). The van der Waals surface area contributed by atoms with Gasteiger partial charge in [-0.05, 0) is 48.6 Å². The Morgan fingerprint density at radius 1 is 0.929 bits per heavy atom. The molecule has 0 aliphatic heterocycles. The molecule has 4 aromatic rings. The van der Waals surface area contributed by atoms with Crippen LogP contribution in [-0.4, -0.2) is 15.1 Å². The number of nitrogens with zero attached hydrogens (tertiary/aromatic N) is 2. The molecule has 0 bridgehead atoms. The summed E-state index contributed by atoms with van der Waals surface area (Å²) in [6.07, 6.45) is 1.58. The van der Waals surface area contributed by atoms with Crippen LogP contribution in [0.3, 0.4) is 0 Å². The lowest BCUT2D eigenvalue weighted by Gasteiger charge is -2.13. The quantitative estimate of drug-likeness (QED) is 0.315. The molecule has 4 rings (SSSR count). The Morgan fingerprint density at radius 3 is 2.64 bits per heavy atom. The van der Waals surface area contributed by atoms with Gasteiger partial charge < -0.3 is 16.4 Å². The Labute approximate surface area is 172 Å². The summed E-state index contributed by atoms with van der Waals surface area (Å²) in [4.78, 5) is 8.79. The van der Waals surface area contributed by atoms with E-state index in [4.69, 9.17) is 29.6 Å². The molecule has 0 aliphatic rings. The maximum absolute atomic E-state index is 6.19. The van der Waals surface area contributed by atoms with Gasteiger partial charge in [-0.25, -0.2) is 9.97 Å². The maximum Gasteiger partial charge on any atom is 0.175 e. The molecule has 1 heterocycles. The van der Waals surface area contributed by atoms with Gasteiger partial charge in [0.2, 0.25) is 0 Å². The summed E-state index contributed by atoms with van der Waals surface area (Å²) < 4.78 is 0. The van der Waals surface area contributed by atoms with E-state index >= 15 is 0 Å². The molecule has 0 saturated carbocycles. The SMILES string of the molecule is Nc1ccc(NC(=S)Nc2cccc(-c3ncnc4ccccc34)c2)c(Cl)c1. The summed E-state index contributed by atoms with van der Waals surface area (Å²) in [5, 5.41) is 8.19. The van der Waals surface area contributed by atoms with Gasteiger partial charge in [-0.1, -0.05) is 41.9 Å². The van der Waals surface area contributed by atoms with E-state index in [1.165, 1.54) is 0 Å². The lowest BCUT2D eigenvalue weighted by atomic mass is 10.1. The number of hydrogen-bond acceptors (Lipinski definition) is 4. The number of hydrogen-bond donors (Lipinski definition) is 3. The van der Waals surface area contributed by atoms with Gasteiger partial charge in [0, 0.05) is 22.3 Å². The second kappa shape index (κ2) is 7.80. The van der Waals surface area contributed by atoms with E-state index in [9.17, 15) is 0 Å². The molecule has 3 aromatic carbocycles. The molecule has 0 unspecified atom stereocenters. The first-order chi connectivity index (χ1) is 13.6. The summed E-state index contributed by atoms with van der Waals surface area (Å²) >= 11 is 11.6. The molecule has 1 aromatic heterocycles. The summed E-state index contributed by atoms with van der Waals surface area (Å²) in [7, 11) is 0. The molecular weight excluding hydrogens is 390 g/mol. The third kappa shape index (κ3) is 3.88. The first-order valence-corrected chi connectivity index (χ1v) is 9.32. The van der Waals surface area contributed by atoms with Gasteiger partial charge in [0.25, 0.3) is 0 Å². The average Bonchev–Trinajstić information content (AvgIpc) is 2.70. The minimum atomic E-state index is 0.427. The highest BCUT2D eigenvalue weighted by atomic mass is 35.5. The number of aromatic nitrogens is 2. The third-order valence-electron chi connectivity index (χ3n) is 4.18. The summed E-state index contributed by atoms with van der Waals surface area (Å²) in [5.74, 6) is 0. The number of fused-ring (bicyclic) bond motifs is 1. The Morgan fingerprint density at radius 2 is 1.79 bits per heavy atom. The van der Waals surface area contributed by atoms with Crippen molar-refractivity contribution < 1.29 is 0 Å². The number of rotatable bonds is 3. The van der Waals surface area contributed by atoms with Crippen LogP contribution in [0.5, 0.6) is 0 Å². The van der Waals surface area contributed by atoms with Crippen molar-refractivity contribution in [3.63, 3.8) is 0 Å². The molecule has 0 spiro atoms. The maximum atomic E-state index is 6.19. The van der Waals surface area contributed by atoms with E-state index in [0.29, 0.717) is 21.5 Å². The molecule has 0 aliphatic carbocycles. The predicted octanol–water partition coefficient (Wildman–Crippen LogP) is 5.34. The number of halogens is 1. The van der Waals surface area contributed by atoms with Crippen molar-refractivity contribution >= 4 is 56.9 Å². The molecule has 138 valence electrons. The Hall–Kier alpha value is -3.22. The van der Waals surface area contributed by atoms with E-state index in [-0.39, 0.29) is 0 Å². The van der Waals surface area contributed by atoms with Crippen LogP contribution >= 0.6 is 23.8 Å². The smallest absolute Gasteiger partial charge is 0.175 e. The van der Waals surface area contributed by atoms with Crippen molar-refractivity contribution in [1.29, 1.82) is 0 Å². The zero-order valence-corrected chi connectivity index (χ0v) is 16.3. The lowest BCUT2D eigenvalue weighted by molar-refractivity contribution is 1.22. The Kier molecular flexibility index (Phi) is 5.06. The van der Waals surface area contributed by atoms with Crippen molar-refractivity contribution in [3.8, 4) is 11.3 Å². The molecular formula is C21H16ClN5S. The first kappa shape index (κ1) is 18.2. The van der Waals surface area contributed by atoms with E-state index in [1.54, 1.807) is 24.5 Å². The predicted molar refractivity (Wildman–Crippen MR) is 121 cm³/mol. The van der Waals surface area contributed by atoms with Gasteiger partial charge in [0.15, 0.2) is 5.11 Å². The summed E-state index contributed by atoms with van der Waals surface area (Å²) in [6.45, 7) is 0. The monoisotopic (exact) mass is 405 g/mol. The van der Waals surface area contributed by atoms with Gasteiger partial charge in [0.1, 0.15) is 6.33 Å². The van der Waals surface area contributed by atoms with E-state index in [2.05, 4.69) is 20.6 Å². The van der Waals surface area contributed by atoms with Crippen molar-refractivity contribution in [2.75, 3.05) is 16.4 Å². The van der Waals surface area contributed by atoms with Gasteiger partial charge in [-0.15, -0.1) is 0 Å². The van der Waals surface area contributed by atoms with Gasteiger partial charge >= 0.3 is 0 Å². The lowest BCUT2D eigenvalue weighted by Crippen LogP contribution is -2.19. The number of nitrogens with two attached hydrogens (primary N) is 1. The minimum Gasteiger partial charge on any atom is -0.399 e. The fourth-order valence-corrected chi connectivity index (χ4v) is 3.36. The van der Waals surface area contributed by atoms with Crippen LogP contribution in [-0.2, 0) is 0 Å². The third-order valence-corrected chi connectivity index (χ3v) is 4.69. The van der Waals surface area contributed by atoms with Crippen LogP contribution in [0.4, 0.5) is 17.1 Å². The molecule has 4 N–H and O–H groups in total. The fourth-order valence-electron chi connectivity index (χ4n) is 2.90. The zero-order chi connectivity index (χ0) is 19.5. The van der Waals surface area contributed by atoms with Gasteiger partial charge in [-0.3, -0.25) is 0 Å². The Balaban J connectivity index is 1.58. The second-order valence-corrected chi connectivity index (χ2v) is 6.95. The topological polar surface area (TPSA) is 75.9 Å². The molecule has 0 fully saturated rings. The van der Waals surface area contributed by atoms with Crippen LogP contribution in [0.25, 0.3) is 22.2 Å². The van der Waals surface area contributed by atoms with Crippen LogP contribution in [0, 0.1) is 0 Å². The first-order valence-electron chi connectivity index (χ1n) is 8.53. The van der Waals surface area contributed by atoms with Crippen LogP contribution in [0.2, 0.25) is 5.02 Å². The molecule has 28 heavy (non-hydrogen) atoms. The number of para-hydroxylation sites is 1. The minimum absolute atomic E-state index is 0.427. The summed E-state index contributed by atoms with van der Waals surface area (Å²) in [5.41, 5.74) is 10.6. The fraction of sp³-hybridized carbons (Fsp3) is 0. The van der Waals surface area contributed by atoms with Gasteiger partial charge in [0.05, 0.1) is 21.9 Å². The molecule has 0 radical (unpaired) electrons.